The van der Waals surface area contributed by atoms with E-state index in [1.807, 2.05) is 64.6 Å². The minimum absolute atomic E-state index is 0.0344. The molecule has 0 spiro atoms. The van der Waals surface area contributed by atoms with Crippen molar-refractivity contribution in [1.82, 2.24) is 41.1 Å². The first-order valence-electron chi connectivity index (χ1n) is 25.9. The largest absolute Gasteiger partial charge is 0.386 e. The van der Waals surface area contributed by atoms with Gasteiger partial charge in [0.1, 0.15) is 6.04 Å². The molecule has 5 N–H and O–H groups in total. The van der Waals surface area contributed by atoms with Crippen LogP contribution in [0.2, 0.25) is 0 Å². The van der Waals surface area contributed by atoms with Crippen molar-refractivity contribution >= 4 is 47.3 Å². The Hall–Kier alpha value is -5.24. The van der Waals surface area contributed by atoms with Gasteiger partial charge in [-0.1, -0.05) is 91.6 Å². The van der Waals surface area contributed by atoms with E-state index >= 15 is 0 Å². The summed E-state index contributed by atoms with van der Waals surface area (Å²) in [4.78, 5) is 111. The molecule has 1 aromatic rings. The van der Waals surface area contributed by atoms with Crippen LogP contribution in [0.3, 0.4) is 0 Å². The van der Waals surface area contributed by atoms with Crippen LogP contribution in [0, 0.1) is 23.7 Å². The summed E-state index contributed by atoms with van der Waals surface area (Å²) in [6, 6.07) is 6.06. The molecule has 2 aliphatic rings. The Balaban J connectivity index is 1.59. The first-order chi connectivity index (χ1) is 34.1. The smallest absolute Gasteiger partial charge is 0.253 e. The third-order valence-corrected chi connectivity index (χ3v) is 14.3. The fourth-order valence-corrected chi connectivity index (χ4v) is 9.94. The van der Waals surface area contributed by atoms with Crippen LogP contribution < -0.4 is 21.5 Å². The van der Waals surface area contributed by atoms with Gasteiger partial charge in [-0.25, -0.2) is 0 Å². The number of likely N-dealkylation sites (N-methyl/N-ethyl adjacent to an activating group) is 2. The monoisotopic (exact) mass is 1010 g/mol. The van der Waals surface area contributed by atoms with Crippen LogP contribution >= 0.6 is 0 Å². The number of carbonyl (C=O) groups is 8. The van der Waals surface area contributed by atoms with E-state index in [1.54, 1.807) is 49.9 Å². The highest BCUT2D eigenvalue weighted by Gasteiger charge is 2.43. The molecule has 72 heavy (non-hydrogen) atoms. The highest BCUT2D eigenvalue weighted by atomic mass is 16.5. The molecule has 0 unspecified atom stereocenters. The van der Waals surface area contributed by atoms with Crippen molar-refractivity contribution in [2.24, 2.45) is 23.7 Å². The zero-order valence-corrected chi connectivity index (χ0v) is 45.0. The molecule has 0 saturated carbocycles. The molecule has 2 heterocycles. The standard InChI is InChI=1S/C53H86N8O11/c1-13-35(6)48(40(71-11)32-45(66)60-31-20-24-39(60)50(72-12)36(7)51(68)54-37(8)49(67)38-22-16-14-17-23-38)59(10)53(70)46(33(2)3)55-52(69)47(34(4)5)58(9)29-21-26-42(63)57-56-41(62)25-18-15-19-30-61-43(64)27-28-44(61)65/h14,16-17,22-23,27-28,33-37,39-40,46-50,67H,13,15,18-21,24-26,29-32H2,1-12H3,(H,54,68)(H,55,69)(H,56,62)(H,57,63)/t35-,36+,37+,39-,40+,46-,47-,48-,49+,50+/m0/s1. The van der Waals surface area contributed by atoms with Gasteiger partial charge in [0.25, 0.3) is 11.8 Å². The quantitative estimate of drug-likeness (QED) is 0.0422. The summed E-state index contributed by atoms with van der Waals surface area (Å²) in [7, 11) is 6.55. The van der Waals surface area contributed by atoms with Gasteiger partial charge in [-0.3, -0.25) is 59.0 Å². The Morgan fingerprint density at radius 3 is 1.96 bits per heavy atom. The number of carbonyl (C=O) groups excluding carboxylic acids is 8. The van der Waals surface area contributed by atoms with Crippen molar-refractivity contribution in [3.8, 4) is 0 Å². The van der Waals surface area contributed by atoms with Crippen LogP contribution in [0.5, 0.6) is 0 Å². The zero-order valence-electron chi connectivity index (χ0n) is 45.0. The Bertz CT molecular complexity index is 1970. The molecule has 0 aromatic heterocycles. The number of amides is 8. The van der Waals surface area contributed by atoms with Crippen molar-refractivity contribution in [2.45, 2.75) is 168 Å². The van der Waals surface area contributed by atoms with Crippen LogP contribution in [-0.4, -0.2) is 162 Å². The number of hydrazine groups is 1. The third kappa shape index (κ3) is 17.5. The number of imide groups is 1. The SMILES string of the molecule is CC[C@H](C)[C@@H]([C@@H](CC(=O)N1CCC[C@H]1[C@H](OC)[C@@H](C)C(=O)N[C@H](C)[C@@H](O)c1ccccc1)OC)N(C)C(=O)[C@@H](NC(=O)[C@H](C(C)C)N(C)CCCC(=O)NNC(=O)CCCCCN1C(=O)C=CC1=O)C(C)C. The number of likely N-dealkylation sites (tertiary alicyclic amines) is 1. The molecule has 19 heteroatoms. The van der Waals surface area contributed by atoms with Crippen molar-refractivity contribution < 1.29 is 52.9 Å². The Morgan fingerprint density at radius 2 is 1.40 bits per heavy atom. The number of ether oxygens (including phenoxy) is 2. The second-order valence-electron chi connectivity index (χ2n) is 20.3. The highest BCUT2D eigenvalue weighted by molar-refractivity contribution is 6.12. The van der Waals surface area contributed by atoms with Gasteiger partial charge in [-0.15, -0.1) is 0 Å². The van der Waals surface area contributed by atoms with E-state index in [9.17, 15) is 43.5 Å². The molecular weight excluding hydrogens is 925 g/mol. The summed E-state index contributed by atoms with van der Waals surface area (Å²) in [6.07, 6.45) is 4.57. The fourth-order valence-electron chi connectivity index (χ4n) is 9.94. The Kier molecular flexibility index (Phi) is 25.5. The van der Waals surface area contributed by atoms with Crippen molar-refractivity contribution in [3.63, 3.8) is 0 Å². The molecule has 2 aliphatic heterocycles. The van der Waals surface area contributed by atoms with E-state index in [-0.39, 0.29) is 90.8 Å². The van der Waals surface area contributed by atoms with E-state index in [4.69, 9.17) is 9.47 Å². The maximum absolute atomic E-state index is 14.6. The van der Waals surface area contributed by atoms with Crippen LogP contribution in [0.4, 0.5) is 0 Å². The lowest BCUT2D eigenvalue weighted by atomic mass is 9.89. The lowest BCUT2D eigenvalue weighted by Crippen LogP contribution is -2.60. The van der Waals surface area contributed by atoms with Crippen molar-refractivity contribution in [3.05, 3.63) is 48.0 Å². The lowest BCUT2D eigenvalue weighted by molar-refractivity contribution is -0.148. The van der Waals surface area contributed by atoms with Crippen LogP contribution in [-0.2, 0) is 47.8 Å². The van der Waals surface area contributed by atoms with E-state index in [1.165, 1.54) is 26.4 Å². The Labute approximate surface area is 427 Å². The molecule has 0 radical (unpaired) electrons. The van der Waals surface area contributed by atoms with Gasteiger partial charge in [-0.05, 0) is 75.9 Å². The van der Waals surface area contributed by atoms with Gasteiger partial charge in [0.2, 0.25) is 35.4 Å². The predicted molar refractivity (Wildman–Crippen MR) is 273 cm³/mol. The maximum atomic E-state index is 14.6. The number of aliphatic hydroxyl groups excluding tert-OH is 1. The number of rotatable bonds is 30. The maximum Gasteiger partial charge on any atom is 0.253 e. The van der Waals surface area contributed by atoms with E-state index in [0.29, 0.717) is 63.6 Å². The summed E-state index contributed by atoms with van der Waals surface area (Å²) in [5.41, 5.74) is 5.55. The minimum atomic E-state index is -0.911. The summed E-state index contributed by atoms with van der Waals surface area (Å²) < 4.78 is 12.0. The van der Waals surface area contributed by atoms with Crippen LogP contribution in [0.15, 0.2) is 42.5 Å². The average Bonchev–Trinajstić information content (AvgIpc) is 3.96. The van der Waals surface area contributed by atoms with Gasteiger partial charge in [0.15, 0.2) is 0 Å². The van der Waals surface area contributed by atoms with Gasteiger partial charge >= 0.3 is 0 Å². The number of benzene rings is 1. The normalized spacial score (nSPS) is 18.6. The number of unbranched alkanes of at least 4 members (excludes halogenated alkanes) is 2. The Morgan fingerprint density at radius 1 is 0.792 bits per heavy atom. The number of methoxy groups -OCH3 is 2. The summed E-state index contributed by atoms with van der Waals surface area (Å²) in [5.74, 6) is -3.77. The van der Waals surface area contributed by atoms with Crippen molar-refractivity contribution in [2.75, 3.05) is 47.9 Å². The molecule has 1 aromatic carbocycles. The number of aliphatic hydroxyl groups is 1. The first kappa shape index (κ1) is 61.1. The minimum Gasteiger partial charge on any atom is -0.386 e. The molecular formula is C53H86N8O11. The summed E-state index contributed by atoms with van der Waals surface area (Å²) >= 11 is 0. The molecule has 404 valence electrons. The molecule has 0 aliphatic carbocycles. The van der Waals surface area contributed by atoms with E-state index < -0.39 is 54.4 Å². The number of nitrogens with zero attached hydrogens (tertiary/aromatic N) is 4. The number of nitrogens with one attached hydrogen (secondary N) is 4. The first-order valence-corrected chi connectivity index (χ1v) is 25.9. The predicted octanol–water partition coefficient (Wildman–Crippen LogP) is 3.66. The number of hydrogen-bond donors (Lipinski definition) is 5. The fraction of sp³-hybridized carbons (Fsp3) is 0.698. The summed E-state index contributed by atoms with van der Waals surface area (Å²) in [5, 5.41) is 16.9. The molecule has 3 rings (SSSR count). The van der Waals surface area contributed by atoms with E-state index in [2.05, 4.69) is 21.5 Å². The highest BCUT2D eigenvalue weighted by Crippen LogP contribution is 2.30. The van der Waals surface area contributed by atoms with Gasteiger partial charge in [0, 0.05) is 59.4 Å². The zero-order chi connectivity index (χ0) is 53.8. The van der Waals surface area contributed by atoms with Crippen molar-refractivity contribution in [1.29, 1.82) is 0 Å². The van der Waals surface area contributed by atoms with Crippen LogP contribution in [0.1, 0.15) is 131 Å². The topological polar surface area (TPSA) is 236 Å². The van der Waals surface area contributed by atoms with Gasteiger partial charge in [0.05, 0.1) is 54.8 Å². The average molecular weight is 1010 g/mol. The molecule has 1 saturated heterocycles. The van der Waals surface area contributed by atoms with Crippen LogP contribution in [0.25, 0.3) is 0 Å². The second kappa shape index (κ2) is 30.1. The molecule has 19 nitrogen and oxygen atoms in total. The number of hydrogen-bond acceptors (Lipinski definition) is 12. The molecule has 0 bridgehead atoms. The molecule has 10 atom stereocenters. The molecule has 8 amide bonds. The van der Waals surface area contributed by atoms with Gasteiger partial charge < -0.3 is 35.0 Å². The van der Waals surface area contributed by atoms with Gasteiger partial charge in [-0.2, -0.15) is 0 Å². The van der Waals surface area contributed by atoms with E-state index in [0.717, 1.165) is 4.90 Å². The second-order valence-corrected chi connectivity index (χ2v) is 20.3. The summed E-state index contributed by atoms with van der Waals surface area (Å²) in [6.45, 7) is 16.2. The lowest BCUT2D eigenvalue weighted by Gasteiger charge is -2.41. The third-order valence-electron chi connectivity index (χ3n) is 14.3. The molecule has 1 fully saturated rings.